The van der Waals surface area contributed by atoms with Gasteiger partial charge in [-0.25, -0.2) is 4.79 Å². The minimum Gasteiger partial charge on any atom is -0.434 e. The molecule has 0 rings (SSSR count). The van der Waals surface area contributed by atoms with Crippen LogP contribution in [0.5, 0.6) is 0 Å². The SMILES string of the molecule is CC(CO)(CO)COC(=O)OCC(C)(CO)CO. The molecule has 0 aliphatic rings. The first-order valence-corrected chi connectivity index (χ1v) is 5.58. The molecule has 0 aromatic carbocycles. The Bertz CT molecular complexity index is 222. The van der Waals surface area contributed by atoms with E-state index in [1.807, 2.05) is 0 Å². The summed E-state index contributed by atoms with van der Waals surface area (Å²) in [6.45, 7) is 1.40. The third-order valence-electron chi connectivity index (χ3n) is 2.60. The lowest BCUT2D eigenvalue weighted by Crippen LogP contribution is -2.35. The van der Waals surface area contributed by atoms with Crippen LogP contribution in [0.4, 0.5) is 4.79 Å². The Hall–Kier alpha value is -0.890. The Morgan fingerprint density at radius 2 is 1.11 bits per heavy atom. The number of rotatable bonds is 8. The number of hydrogen-bond donors (Lipinski definition) is 4. The normalized spacial score (nSPS) is 12.3. The molecule has 0 amide bonds. The van der Waals surface area contributed by atoms with E-state index in [0.29, 0.717) is 0 Å². The van der Waals surface area contributed by atoms with Crippen LogP contribution in [0.1, 0.15) is 13.8 Å². The highest BCUT2D eigenvalue weighted by Crippen LogP contribution is 2.17. The molecule has 0 aromatic heterocycles. The molecule has 4 N–H and O–H groups in total. The monoisotopic (exact) mass is 266 g/mol. The maximum absolute atomic E-state index is 11.2. The minimum atomic E-state index is -0.976. The summed E-state index contributed by atoms with van der Waals surface area (Å²) in [6, 6.07) is 0. The largest absolute Gasteiger partial charge is 0.508 e. The molecule has 0 saturated carbocycles. The zero-order valence-electron chi connectivity index (χ0n) is 10.8. The lowest BCUT2D eigenvalue weighted by molar-refractivity contribution is -0.0400. The predicted molar refractivity (Wildman–Crippen MR) is 61.9 cm³/mol. The summed E-state index contributed by atoms with van der Waals surface area (Å²) in [6.07, 6.45) is -0.976. The second-order valence-electron chi connectivity index (χ2n) is 5.08. The van der Waals surface area contributed by atoms with Crippen molar-refractivity contribution < 1.29 is 34.7 Å². The van der Waals surface area contributed by atoms with Crippen molar-refractivity contribution in [3.63, 3.8) is 0 Å². The van der Waals surface area contributed by atoms with Crippen molar-refractivity contribution in [3.05, 3.63) is 0 Å². The van der Waals surface area contributed by atoms with Crippen molar-refractivity contribution in [2.24, 2.45) is 10.8 Å². The highest BCUT2D eigenvalue weighted by atomic mass is 16.7. The highest BCUT2D eigenvalue weighted by Gasteiger charge is 2.27. The van der Waals surface area contributed by atoms with E-state index in [-0.39, 0.29) is 39.6 Å². The maximum atomic E-state index is 11.2. The zero-order valence-corrected chi connectivity index (χ0v) is 10.8. The van der Waals surface area contributed by atoms with Crippen LogP contribution in [0.15, 0.2) is 0 Å². The molecule has 0 spiro atoms. The first-order valence-electron chi connectivity index (χ1n) is 5.58. The molecule has 7 heteroatoms. The first kappa shape index (κ1) is 17.1. The van der Waals surface area contributed by atoms with Gasteiger partial charge in [-0.05, 0) is 0 Å². The number of aliphatic hydroxyl groups is 4. The summed E-state index contributed by atoms with van der Waals surface area (Å²) in [4.78, 5) is 11.2. The number of carbonyl (C=O) groups is 1. The van der Waals surface area contributed by atoms with Gasteiger partial charge in [-0.1, -0.05) is 13.8 Å². The Morgan fingerprint density at radius 3 is 1.33 bits per heavy atom. The van der Waals surface area contributed by atoms with Crippen molar-refractivity contribution in [3.8, 4) is 0 Å². The Balaban J connectivity index is 4.06. The van der Waals surface area contributed by atoms with Gasteiger partial charge in [0.2, 0.25) is 0 Å². The van der Waals surface area contributed by atoms with E-state index >= 15 is 0 Å². The minimum absolute atomic E-state index is 0.187. The smallest absolute Gasteiger partial charge is 0.434 e. The molecule has 0 radical (unpaired) electrons. The van der Waals surface area contributed by atoms with Crippen LogP contribution in [-0.4, -0.2) is 66.2 Å². The van der Waals surface area contributed by atoms with E-state index in [1.54, 1.807) is 13.8 Å². The van der Waals surface area contributed by atoms with Crippen molar-refractivity contribution >= 4 is 6.16 Å². The molecular weight excluding hydrogens is 244 g/mol. The first-order chi connectivity index (χ1) is 8.34. The van der Waals surface area contributed by atoms with Crippen LogP contribution in [0.2, 0.25) is 0 Å². The molecule has 0 fully saturated rings. The molecule has 0 bridgehead atoms. The van der Waals surface area contributed by atoms with Crippen LogP contribution >= 0.6 is 0 Å². The average Bonchev–Trinajstić information content (AvgIpc) is 2.42. The highest BCUT2D eigenvalue weighted by molar-refractivity contribution is 5.59. The fourth-order valence-electron chi connectivity index (χ4n) is 0.791. The van der Waals surface area contributed by atoms with Gasteiger partial charge in [0.1, 0.15) is 13.2 Å². The number of aliphatic hydroxyl groups excluding tert-OH is 4. The summed E-state index contributed by atoms with van der Waals surface area (Å²) >= 11 is 0. The van der Waals surface area contributed by atoms with Crippen LogP contribution in [0.3, 0.4) is 0 Å². The number of hydrogen-bond acceptors (Lipinski definition) is 7. The molecular formula is C11H22O7. The van der Waals surface area contributed by atoms with Crippen molar-refractivity contribution in [2.45, 2.75) is 13.8 Å². The van der Waals surface area contributed by atoms with Crippen molar-refractivity contribution in [1.29, 1.82) is 0 Å². The molecule has 0 aliphatic carbocycles. The third kappa shape index (κ3) is 5.63. The summed E-state index contributed by atoms with van der Waals surface area (Å²) in [7, 11) is 0. The summed E-state index contributed by atoms with van der Waals surface area (Å²) in [5.41, 5.74) is -1.84. The van der Waals surface area contributed by atoms with E-state index in [1.165, 1.54) is 0 Å². The second kappa shape index (κ2) is 7.52. The second-order valence-corrected chi connectivity index (χ2v) is 5.08. The molecule has 0 heterocycles. The summed E-state index contributed by atoms with van der Waals surface area (Å²) in [5.74, 6) is 0. The van der Waals surface area contributed by atoms with Gasteiger partial charge in [0.15, 0.2) is 0 Å². The van der Waals surface area contributed by atoms with Crippen LogP contribution < -0.4 is 0 Å². The van der Waals surface area contributed by atoms with Crippen LogP contribution in [-0.2, 0) is 9.47 Å². The van der Waals surface area contributed by atoms with E-state index in [4.69, 9.17) is 29.9 Å². The van der Waals surface area contributed by atoms with Gasteiger partial charge in [-0.15, -0.1) is 0 Å². The van der Waals surface area contributed by atoms with Crippen LogP contribution in [0.25, 0.3) is 0 Å². The maximum Gasteiger partial charge on any atom is 0.508 e. The van der Waals surface area contributed by atoms with E-state index < -0.39 is 17.0 Å². The van der Waals surface area contributed by atoms with Gasteiger partial charge in [0.05, 0.1) is 26.4 Å². The standard InChI is InChI=1S/C11H22O7/c1-10(3-12,4-13)7-17-9(16)18-8-11(2,5-14)6-15/h12-15H,3-8H2,1-2H3. The van der Waals surface area contributed by atoms with Crippen molar-refractivity contribution in [2.75, 3.05) is 39.6 Å². The van der Waals surface area contributed by atoms with Gasteiger partial charge >= 0.3 is 6.16 Å². The quantitative estimate of drug-likeness (QED) is 0.421. The predicted octanol–water partition coefficient (Wildman–Crippen LogP) is -0.879. The lowest BCUT2D eigenvalue weighted by atomic mass is 9.94. The van der Waals surface area contributed by atoms with E-state index in [0.717, 1.165) is 0 Å². The van der Waals surface area contributed by atoms with Gasteiger partial charge in [-0.3, -0.25) is 0 Å². The number of carbonyl (C=O) groups excluding carboxylic acids is 1. The van der Waals surface area contributed by atoms with Crippen LogP contribution in [0, 0.1) is 10.8 Å². The topological polar surface area (TPSA) is 116 Å². The van der Waals surface area contributed by atoms with Gasteiger partial charge in [0.25, 0.3) is 0 Å². The molecule has 0 aliphatic heterocycles. The van der Waals surface area contributed by atoms with Crippen molar-refractivity contribution in [1.82, 2.24) is 0 Å². The van der Waals surface area contributed by atoms with E-state index in [2.05, 4.69) is 0 Å². The third-order valence-corrected chi connectivity index (χ3v) is 2.60. The lowest BCUT2D eigenvalue weighted by Gasteiger charge is -2.25. The van der Waals surface area contributed by atoms with Gasteiger partial charge in [-0.2, -0.15) is 0 Å². The molecule has 0 aromatic rings. The fourth-order valence-corrected chi connectivity index (χ4v) is 0.791. The molecule has 0 unspecified atom stereocenters. The zero-order chi connectivity index (χ0) is 14.2. The molecule has 0 saturated heterocycles. The molecule has 7 nitrogen and oxygen atoms in total. The average molecular weight is 266 g/mol. The number of ether oxygens (including phenoxy) is 2. The van der Waals surface area contributed by atoms with E-state index in [9.17, 15) is 4.79 Å². The molecule has 0 atom stereocenters. The summed E-state index contributed by atoms with van der Waals surface area (Å²) in [5, 5.41) is 35.9. The summed E-state index contributed by atoms with van der Waals surface area (Å²) < 4.78 is 9.46. The Morgan fingerprint density at radius 1 is 0.833 bits per heavy atom. The molecule has 18 heavy (non-hydrogen) atoms. The Labute approximate surface area is 106 Å². The Kier molecular flexibility index (Phi) is 7.15. The van der Waals surface area contributed by atoms with Gasteiger partial charge < -0.3 is 29.9 Å². The molecule has 108 valence electrons. The fraction of sp³-hybridized carbons (Fsp3) is 0.909. The van der Waals surface area contributed by atoms with Gasteiger partial charge in [0, 0.05) is 10.8 Å².